The van der Waals surface area contributed by atoms with Crippen LogP contribution in [0.3, 0.4) is 0 Å². The van der Waals surface area contributed by atoms with Gasteiger partial charge in [-0.15, -0.1) is 0 Å². The number of alkyl halides is 1. The second-order valence-electron chi connectivity index (χ2n) is 1.93. The van der Waals surface area contributed by atoms with E-state index in [2.05, 4.69) is 15.9 Å². The van der Waals surface area contributed by atoms with Gasteiger partial charge >= 0.3 is 7.82 Å². The zero-order chi connectivity index (χ0) is 9.61. The molecule has 0 aliphatic rings. The highest BCUT2D eigenvalue weighted by Crippen LogP contribution is 2.50. The fourth-order valence-corrected chi connectivity index (χ4v) is 2.39. The summed E-state index contributed by atoms with van der Waals surface area (Å²) in [6.45, 7) is 5.76. The average Bonchev–Trinajstić information content (AvgIpc) is 1.85. The Labute approximate surface area is 81.3 Å². The summed E-state index contributed by atoms with van der Waals surface area (Å²) in [5.74, 6) is 0. The van der Waals surface area contributed by atoms with Gasteiger partial charge in [0, 0.05) is 0 Å². The van der Waals surface area contributed by atoms with Gasteiger partial charge in [-0.05, 0) is 20.8 Å². The van der Waals surface area contributed by atoms with Gasteiger partial charge in [0.25, 0.3) is 0 Å². The van der Waals surface area contributed by atoms with Crippen molar-refractivity contribution in [3.05, 3.63) is 0 Å². The van der Waals surface area contributed by atoms with Crippen molar-refractivity contribution in [1.82, 2.24) is 0 Å². The molecule has 12 heavy (non-hydrogen) atoms. The quantitative estimate of drug-likeness (QED) is 0.544. The van der Waals surface area contributed by atoms with E-state index in [0.29, 0.717) is 13.2 Å². The monoisotopic (exact) mass is 260 g/mol. The Kier molecular flexibility index (Phi) is 6.41. The van der Waals surface area contributed by atoms with Gasteiger partial charge in [-0.2, -0.15) is 0 Å². The van der Waals surface area contributed by atoms with E-state index in [-0.39, 0.29) is 5.01 Å². The normalized spacial score (nSPS) is 14.7. The Balaban J connectivity index is 4.08. The summed E-state index contributed by atoms with van der Waals surface area (Å²) in [5, 5.41) is -0.346. The molecule has 0 amide bonds. The van der Waals surface area contributed by atoms with Crippen molar-refractivity contribution < 1.29 is 18.1 Å². The van der Waals surface area contributed by atoms with E-state index in [1.54, 1.807) is 20.8 Å². The minimum absolute atomic E-state index is 0.303. The van der Waals surface area contributed by atoms with Gasteiger partial charge < -0.3 is 0 Å². The Hall–Kier alpha value is 0.590. The first-order chi connectivity index (χ1) is 5.54. The molecule has 0 aromatic carbocycles. The van der Waals surface area contributed by atoms with Crippen LogP contribution in [0.25, 0.3) is 0 Å². The summed E-state index contributed by atoms with van der Waals surface area (Å²) in [4.78, 5) is 0. The lowest BCUT2D eigenvalue weighted by Crippen LogP contribution is -2.03. The van der Waals surface area contributed by atoms with Crippen molar-refractivity contribution in [2.24, 2.45) is 0 Å². The zero-order valence-corrected chi connectivity index (χ0v) is 9.93. The number of hydrogen-bond donors (Lipinski definition) is 0. The lowest BCUT2D eigenvalue weighted by Gasteiger charge is -2.17. The molecule has 0 N–H and O–H groups in total. The maximum Gasteiger partial charge on any atom is 0.475 e. The van der Waals surface area contributed by atoms with Crippen molar-refractivity contribution in [2.45, 2.75) is 25.8 Å². The van der Waals surface area contributed by atoms with E-state index < -0.39 is 7.82 Å². The molecule has 0 saturated heterocycles. The number of phosphoric acid groups is 1. The van der Waals surface area contributed by atoms with Crippen molar-refractivity contribution in [2.75, 3.05) is 13.2 Å². The molecule has 0 aromatic heterocycles. The Morgan fingerprint density at radius 3 is 2.00 bits per heavy atom. The van der Waals surface area contributed by atoms with Gasteiger partial charge in [0.15, 0.2) is 0 Å². The summed E-state index contributed by atoms with van der Waals surface area (Å²) in [7, 11) is -3.32. The Morgan fingerprint density at radius 1 is 1.33 bits per heavy atom. The number of hydrogen-bond acceptors (Lipinski definition) is 4. The van der Waals surface area contributed by atoms with E-state index in [1.165, 1.54) is 0 Å². The van der Waals surface area contributed by atoms with Crippen LogP contribution in [0.2, 0.25) is 0 Å². The van der Waals surface area contributed by atoms with Crippen LogP contribution in [0.1, 0.15) is 20.8 Å². The van der Waals surface area contributed by atoms with E-state index in [1.807, 2.05) is 0 Å². The number of halogens is 1. The second-order valence-corrected chi connectivity index (χ2v) is 4.84. The van der Waals surface area contributed by atoms with Crippen LogP contribution in [-0.2, 0) is 18.1 Å². The first-order valence-corrected chi connectivity index (χ1v) is 6.13. The molecule has 0 bridgehead atoms. The van der Waals surface area contributed by atoms with E-state index >= 15 is 0 Å². The van der Waals surface area contributed by atoms with Crippen LogP contribution in [0, 0.1) is 0 Å². The first kappa shape index (κ1) is 12.6. The summed E-state index contributed by atoms with van der Waals surface area (Å²) >= 11 is 3.10. The standard InChI is InChI=1S/C6H14BrO4P/c1-4-9-12(8,10-5-2)11-6(3)7/h6H,4-5H2,1-3H3. The van der Waals surface area contributed by atoms with Crippen molar-refractivity contribution >= 4 is 23.8 Å². The Morgan fingerprint density at radius 2 is 1.75 bits per heavy atom. The van der Waals surface area contributed by atoms with Gasteiger partial charge in [0.05, 0.1) is 13.2 Å². The molecule has 74 valence electrons. The third-order valence-corrected chi connectivity index (χ3v) is 3.05. The Bertz CT molecular complexity index is 152. The van der Waals surface area contributed by atoms with Crippen LogP contribution in [-0.4, -0.2) is 18.2 Å². The fraction of sp³-hybridized carbons (Fsp3) is 1.00. The van der Waals surface area contributed by atoms with Gasteiger partial charge in [-0.25, -0.2) is 4.57 Å². The van der Waals surface area contributed by atoms with Crippen LogP contribution in [0.4, 0.5) is 0 Å². The molecule has 6 heteroatoms. The topological polar surface area (TPSA) is 44.8 Å². The first-order valence-electron chi connectivity index (χ1n) is 3.75. The molecule has 1 unspecified atom stereocenters. The van der Waals surface area contributed by atoms with E-state index in [9.17, 15) is 4.57 Å². The smallest absolute Gasteiger partial charge is 0.287 e. The molecule has 0 heterocycles. The minimum Gasteiger partial charge on any atom is -0.287 e. The van der Waals surface area contributed by atoms with Gasteiger partial charge in [-0.3, -0.25) is 13.6 Å². The maximum atomic E-state index is 11.5. The van der Waals surface area contributed by atoms with Crippen molar-refractivity contribution in [3.8, 4) is 0 Å². The number of phosphoric ester groups is 1. The summed E-state index contributed by atoms with van der Waals surface area (Å²) in [5.41, 5.74) is 0. The molecule has 0 fully saturated rings. The van der Waals surface area contributed by atoms with Gasteiger partial charge in [0.1, 0.15) is 5.01 Å². The SMILES string of the molecule is CCOP(=O)(OCC)OC(C)Br. The second kappa shape index (κ2) is 6.11. The third-order valence-electron chi connectivity index (χ3n) is 0.849. The van der Waals surface area contributed by atoms with Crippen molar-refractivity contribution in [3.63, 3.8) is 0 Å². The molecular weight excluding hydrogens is 247 g/mol. The largest absolute Gasteiger partial charge is 0.475 e. The lowest BCUT2D eigenvalue weighted by molar-refractivity contribution is 0.119. The van der Waals surface area contributed by atoms with Gasteiger partial charge in [0.2, 0.25) is 0 Å². The molecule has 0 aliphatic carbocycles. The van der Waals surface area contributed by atoms with Crippen LogP contribution in [0.15, 0.2) is 0 Å². The predicted molar refractivity (Wildman–Crippen MR) is 50.3 cm³/mol. The van der Waals surface area contributed by atoms with Crippen molar-refractivity contribution in [1.29, 1.82) is 0 Å². The zero-order valence-electron chi connectivity index (χ0n) is 7.45. The van der Waals surface area contributed by atoms with Gasteiger partial charge in [-0.1, -0.05) is 15.9 Å². The number of rotatable bonds is 6. The third kappa shape index (κ3) is 5.27. The molecule has 0 spiro atoms. The van der Waals surface area contributed by atoms with Crippen LogP contribution < -0.4 is 0 Å². The van der Waals surface area contributed by atoms with E-state index in [0.717, 1.165) is 0 Å². The average molecular weight is 261 g/mol. The molecule has 1 atom stereocenters. The van der Waals surface area contributed by atoms with E-state index in [4.69, 9.17) is 13.6 Å². The fourth-order valence-electron chi connectivity index (χ4n) is 0.592. The molecule has 0 saturated carbocycles. The molecular formula is C6H14BrO4P. The van der Waals surface area contributed by atoms with Crippen LogP contribution >= 0.6 is 23.8 Å². The maximum absolute atomic E-state index is 11.5. The summed E-state index contributed by atoms with van der Waals surface area (Å²) in [6, 6.07) is 0. The molecule has 0 radical (unpaired) electrons. The molecule has 4 nitrogen and oxygen atoms in total. The highest BCUT2D eigenvalue weighted by molar-refractivity contribution is 9.09. The predicted octanol–water partition coefficient (Wildman–Crippen LogP) is 2.93. The molecule has 0 aliphatic heterocycles. The molecule has 0 aromatic rings. The summed E-state index contributed by atoms with van der Waals surface area (Å²) < 4.78 is 26.2. The van der Waals surface area contributed by atoms with Crippen LogP contribution in [0.5, 0.6) is 0 Å². The lowest BCUT2D eigenvalue weighted by atomic mass is 10.9. The highest BCUT2D eigenvalue weighted by atomic mass is 79.9. The minimum atomic E-state index is -3.32. The molecule has 0 rings (SSSR count). The summed E-state index contributed by atoms with van der Waals surface area (Å²) in [6.07, 6.45) is 0. The highest BCUT2D eigenvalue weighted by Gasteiger charge is 2.26.